The van der Waals surface area contributed by atoms with Crippen LogP contribution in [0.15, 0.2) is 36.5 Å². The Kier molecular flexibility index (Phi) is 5.60. The molecule has 1 atom stereocenters. The second kappa shape index (κ2) is 6.23. The molecule has 2 nitrogen and oxygen atoms in total. The second-order valence-electron chi connectivity index (χ2n) is 2.81. The number of carbonyl (C=O) groups is 1. The highest BCUT2D eigenvalue weighted by molar-refractivity contribution is 5.68. The van der Waals surface area contributed by atoms with Crippen molar-refractivity contribution in [1.82, 2.24) is 0 Å². The van der Waals surface area contributed by atoms with Gasteiger partial charge in [-0.2, -0.15) is 0 Å². The number of hydrogen-bond acceptors (Lipinski definition) is 1. The summed E-state index contributed by atoms with van der Waals surface area (Å²) in [7, 11) is 0. The molecule has 1 N–H and O–H groups in total. The van der Waals surface area contributed by atoms with Gasteiger partial charge in [0.05, 0.1) is 6.42 Å². The number of carboxylic acids is 1. The molecule has 0 saturated carbocycles. The smallest absolute Gasteiger partial charge is 0.307 e. The maximum absolute atomic E-state index is 10.2. The van der Waals surface area contributed by atoms with Crippen molar-refractivity contribution in [2.24, 2.45) is 5.92 Å². The van der Waals surface area contributed by atoms with Crippen molar-refractivity contribution in [3.63, 3.8) is 0 Å². The van der Waals surface area contributed by atoms with Crippen molar-refractivity contribution < 1.29 is 9.90 Å². The molecule has 2 heteroatoms. The van der Waals surface area contributed by atoms with Gasteiger partial charge in [0.2, 0.25) is 0 Å². The average Bonchev–Trinajstić information content (AvgIpc) is 2.05. The third kappa shape index (κ3) is 5.01. The van der Waals surface area contributed by atoms with Crippen molar-refractivity contribution >= 4 is 5.97 Å². The summed E-state index contributed by atoms with van der Waals surface area (Å²) in [5.74, 6) is -0.564. The molecule has 0 aliphatic heterocycles. The Hall–Kier alpha value is -1.31. The van der Waals surface area contributed by atoms with Gasteiger partial charge in [-0.05, 0) is 18.4 Å². The third-order valence-electron chi connectivity index (χ3n) is 1.81. The second-order valence-corrected chi connectivity index (χ2v) is 2.81. The minimum absolute atomic E-state index is 0.0818. The van der Waals surface area contributed by atoms with Crippen LogP contribution >= 0.6 is 0 Å². The lowest BCUT2D eigenvalue weighted by molar-refractivity contribution is -0.136. The molecule has 0 fully saturated rings. The van der Waals surface area contributed by atoms with E-state index in [9.17, 15) is 4.79 Å². The Bertz CT molecular complexity index is 236. The van der Waals surface area contributed by atoms with E-state index < -0.39 is 5.97 Å². The maximum atomic E-state index is 10.2. The number of rotatable bonds is 5. The summed E-state index contributed by atoms with van der Waals surface area (Å²) in [6, 6.07) is 0. The first kappa shape index (κ1) is 11.7. The quantitative estimate of drug-likeness (QED) is 0.521. The molecule has 0 aliphatic carbocycles. The van der Waals surface area contributed by atoms with Crippen LogP contribution in [0.1, 0.15) is 20.3 Å². The van der Waals surface area contributed by atoms with Gasteiger partial charge < -0.3 is 5.11 Å². The molecule has 0 heterocycles. The highest BCUT2D eigenvalue weighted by Crippen LogP contribution is 2.12. The molecule has 1 unspecified atom stereocenters. The number of carboxylic acid groups (broad SMARTS) is 1. The predicted octanol–water partition coefficient (Wildman–Crippen LogP) is 2.79. The van der Waals surface area contributed by atoms with E-state index in [1.54, 1.807) is 12.2 Å². The summed E-state index contributed by atoms with van der Waals surface area (Å²) in [5, 5.41) is 8.39. The summed E-state index contributed by atoms with van der Waals surface area (Å²) in [6.07, 6.45) is 7.39. The maximum Gasteiger partial charge on any atom is 0.307 e. The van der Waals surface area contributed by atoms with Gasteiger partial charge in [0, 0.05) is 0 Å². The molecular formula is C11H16O2. The molecule has 0 spiro atoms. The monoisotopic (exact) mass is 180 g/mol. The zero-order valence-electron chi connectivity index (χ0n) is 8.16. The summed E-state index contributed by atoms with van der Waals surface area (Å²) in [5.41, 5.74) is 1.11. The Morgan fingerprint density at radius 3 is 2.62 bits per heavy atom. The van der Waals surface area contributed by atoms with Crippen LogP contribution < -0.4 is 0 Å². The van der Waals surface area contributed by atoms with E-state index in [4.69, 9.17) is 5.11 Å². The van der Waals surface area contributed by atoms with Crippen molar-refractivity contribution in [1.29, 1.82) is 0 Å². The van der Waals surface area contributed by atoms with E-state index in [0.717, 1.165) is 5.57 Å². The zero-order valence-corrected chi connectivity index (χ0v) is 8.16. The van der Waals surface area contributed by atoms with Crippen LogP contribution in [0.5, 0.6) is 0 Å². The van der Waals surface area contributed by atoms with Gasteiger partial charge in [-0.25, -0.2) is 0 Å². The van der Waals surface area contributed by atoms with E-state index in [-0.39, 0.29) is 12.3 Å². The van der Waals surface area contributed by atoms with E-state index in [1.807, 2.05) is 26.0 Å². The zero-order chi connectivity index (χ0) is 10.3. The molecule has 0 rings (SSSR count). The average molecular weight is 180 g/mol. The fourth-order valence-electron chi connectivity index (χ4n) is 1.05. The van der Waals surface area contributed by atoms with Crippen LogP contribution in [-0.2, 0) is 4.79 Å². The van der Waals surface area contributed by atoms with E-state index in [0.29, 0.717) is 0 Å². The Balaban J connectivity index is 4.13. The number of allylic oxidation sites excluding steroid dienone is 4. The number of hydrogen-bond donors (Lipinski definition) is 1. The summed E-state index contributed by atoms with van der Waals surface area (Å²) in [6.45, 7) is 7.63. The number of aliphatic carboxylic acids is 1. The fraction of sp³-hybridized carbons (Fsp3) is 0.364. The Labute approximate surface area is 79.3 Å². The van der Waals surface area contributed by atoms with Gasteiger partial charge in [0.1, 0.15) is 0 Å². The lowest BCUT2D eigenvalue weighted by Crippen LogP contribution is -1.94. The van der Waals surface area contributed by atoms with E-state index >= 15 is 0 Å². The molecule has 0 aliphatic rings. The topological polar surface area (TPSA) is 37.3 Å². The standard InChI is InChI=1S/C11H16O2/c1-4-10(5-2)9(3)7-6-8-11(12)13/h4-7,9H,1,8H2,2-3H3,(H,12,13). The van der Waals surface area contributed by atoms with Gasteiger partial charge in [-0.15, -0.1) is 0 Å². The summed E-state index contributed by atoms with van der Waals surface area (Å²) in [4.78, 5) is 10.2. The minimum atomic E-state index is -0.802. The highest BCUT2D eigenvalue weighted by Gasteiger charge is 1.99. The first-order valence-electron chi connectivity index (χ1n) is 4.29. The van der Waals surface area contributed by atoms with Crippen LogP contribution in [0.25, 0.3) is 0 Å². The van der Waals surface area contributed by atoms with Crippen molar-refractivity contribution in [3.8, 4) is 0 Å². The van der Waals surface area contributed by atoms with Crippen LogP contribution in [0, 0.1) is 5.92 Å². The van der Waals surface area contributed by atoms with Crippen molar-refractivity contribution in [2.45, 2.75) is 20.3 Å². The van der Waals surface area contributed by atoms with Crippen molar-refractivity contribution in [2.75, 3.05) is 0 Å². The lowest BCUT2D eigenvalue weighted by atomic mass is 10.0. The first-order valence-corrected chi connectivity index (χ1v) is 4.29. The largest absolute Gasteiger partial charge is 0.481 e. The molecule has 0 aromatic heterocycles. The molecule has 13 heavy (non-hydrogen) atoms. The molecule has 0 aromatic rings. The van der Waals surface area contributed by atoms with Crippen molar-refractivity contribution in [3.05, 3.63) is 36.5 Å². The molecule has 0 bridgehead atoms. The summed E-state index contributed by atoms with van der Waals surface area (Å²) >= 11 is 0. The summed E-state index contributed by atoms with van der Waals surface area (Å²) < 4.78 is 0. The molecular weight excluding hydrogens is 164 g/mol. The van der Waals surface area contributed by atoms with E-state index in [2.05, 4.69) is 6.58 Å². The Morgan fingerprint density at radius 2 is 2.23 bits per heavy atom. The van der Waals surface area contributed by atoms with Gasteiger partial charge >= 0.3 is 5.97 Å². The molecule has 0 amide bonds. The molecule has 0 saturated heterocycles. The molecule has 0 radical (unpaired) electrons. The van der Waals surface area contributed by atoms with E-state index in [1.165, 1.54) is 0 Å². The lowest BCUT2D eigenvalue weighted by Gasteiger charge is -2.05. The normalized spacial score (nSPS) is 14.5. The van der Waals surface area contributed by atoms with Gasteiger partial charge in [-0.3, -0.25) is 4.79 Å². The minimum Gasteiger partial charge on any atom is -0.481 e. The predicted molar refractivity (Wildman–Crippen MR) is 54.5 cm³/mol. The SMILES string of the molecule is C=CC(=CC)C(C)C=CCC(=O)O. The van der Waals surface area contributed by atoms with Gasteiger partial charge in [0.25, 0.3) is 0 Å². The van der Waals surface area contributed by atoms with Crippen LogP contribution in [0.3, 0.4) is 0 Å². The van der Waals surface area contributed by atoms with Crippen LogP contribution in [0.4, 0.5) is 0 Å². The fourth-order valence-corrected chi connectivity index (χ4v) is 1.05. The van der Waals surface area contributed by atoms with Crippen LogP contribution in [0.2, 0.25) is 0 Å². The Morgan fingerprint density at radius 1 is 1.62 bits per heavy atom. The van der Waals surface area contributed by atoms with Crippen LogP contribution in [-0.4, -0.2) is 11.1 Å². The van der Waals surface area contributed by atoms with Gasteiger partial charge in [-0.1, -0.05) is 37.8 Å². The first-order chi connectivity index (χ1) is 6.11. The van der Waals surface area contributed by atoms with Gasteiger partial charge in [0.15, 0.2) is 0 Å². The third-order valence-corrected chi connectivity index (χ3v) is 1.81. The molecule has 0 aromatic carbocycles. The highest BCUT2D eigenvalue weighted by atomic mass is 16.4. The molecule has 72 valence electrons.